The van der Waals surface area contributed by atoms with E-state index in [0.29, 0.717) is 18.2 Å². The highest BCUT2D eigenvalue weighted by Gasteiger charge is 2.05. The zero-order valence-corrected chi connectivity index (χ0v) is 11.2. The molecule has 1 aromatic carbocycles. The Morgan fingerprint density at radius 2 is 1.84 bits per heavy atom. The van der Waals surface area contributed by atoms with E-state index in [9.17, 15) is 8.78 Å². The maximum atomic E-state index is 13.1. The minimum Gasteiger partial charge on any atom is -0.346 e. The lowest BCUT2D eigenvalue weighted by Gasteiger charge is -2.12. The second-order valence-electron chi connectivity index (χ2n) is 4.94. The molecule has 0 bridgehead atoms. The van der Waals surface area contributed by atoms with Crippen molar-refractivity contribution in [3.05, 3.63) is 59.4 Å². The van der Waals surface area contributed by atoms with E-state index in [1.54, 1.807) is 0 Å². The summed E-state index contributed by atoms with van der Waals surface area (Å²) in [6.07, 6.45) is 1.92. The van der Waals surface area contributed by atoms with Gasteiger partial charge in [-0.25, -0.2) is 8.78 Å². The monoisotopic (exact) mass is 264 g/mol. The van der Waals surface area contributed by atoms with Crippen LogP contribution in [-0.2, 0) is 13.1 Å². The fourth-order valence-electron chi connectivity index (χ4n) is 1.97. The first kappa shape index (κ1) is 13.7. The second-order valence-corrected chi connectivity index (χ2v) is 4.94. The molecule has 0 aliphatic carbocycles. The number of rotatable bonds is 5. The van der Waals surface area contributed by atoms with Crippen molar-refractivity contribution in [2.24, 2.45) is 0 Å². The number of nitrogens with one attached hydrogen (secondary N) is 1. The van der Waals surface area contributed by atoms with Gasteiger partial charge in [0.2, 0.25) is 0 Å². The van der Waals surface area contributed by atoms with Crippen LogP contribution in [0.1, 0.15) is 25.1 Å². The summed E-state index contributed by atoms with van der Waals surface area (Å²) in [5.41, 5.74) is 1.72. The molecule has 0 radical (unpaired) electrons. The fourth-order valence-corrected chi connectivity index (χ4v) is 1.97. The van der Waals surface area contributed by atoms with Gasteiger partial charge < -0.3 is 9.88 Å². The second kappa shape index (κ2) is 5.97. The Kier molecular flexibility index (Phi) is 4.32. The molecule has 0 saturated heterocycles. The quantitative estimate of drug-likeness (QED) is 0.876. The zero-order valence-electron chi connectivity index (χ0n) is 11.2. The standard InChI is InChI=1S/C15H18F2N2/c1-11(2)18-9-15-4-3-5-19(15)10-12-6-13(16)8-14(17)7-12/h3-8,11,18H,9-10H2,1-2H3. The van der Waals surface area contributed by atoms with Crippen LogP contribution in [-0.4, -0.2) is 10.6 Å². The van der Waals surface area contributed by atoms with Crippen molar-refractivity contribution in [2.75, 3.05) is 0 Å². The van der Waals surface area contributed by atoms with Crippen LogP contribution in [0.2, 0.25) is 0 Å². The Bertz CT molecular complexity index is 527. The van der Waals surface area contributed by atoms with E-state index in [2.05, 4.69) is 19.2 Å². The Morgan fingerprint density at radius 1 is 1.16 bits per heavy atom. The number of nitrogens with zero attached hydrogens (tertiary/aromatic N) is 1. The number of hydrogen-bond donors (Lipinski definition) is 1. The number of benzene rings is 1. The maximum Gasteiger partial charge on any atom is 0.126 e. The summed E-state index contributed by atoms with van der Waals surface area (Å²) in [6.45, 7) is 5.36. The van der Waals surface area contributed by atoms with Gasteiger partial charge in [0, 0.05) is 37.1 Å². The third kappa shape index (κ3) is 3.89. The summed E-state index contributed by atoms with van der Waals surface area (Å²) < 4.78 is 28.3. The van der Waals surface area contributed by atoms with Crippen molar-refractivity contribution >= 4 is 0 Å². The van der Waals surface area contributed by atoms with E-state index in [0.717, 1.165) is 18.3 Å². The molecule has 0 saturated carbocycles. The number of aromatic nitrogens is 1. The summed E-state index contributed by atoms with van der Waals surface area (Å²) in [5, 5.41) is 3.33. The molecule has 1 aromatic heterocycles. The van der Waals surface area contributed by atoms with Crippen LogP contribution in [0.3, 0.4) is 0 Å². The molecule has 0 spiro atoms. The Hall–Kier alpha value is -1.68. The summed E-state index contributed by atoms with van der Waals surface area (Å²) in [5.74, 6) is -1.08. The summed E-state index contributed by atoms with van der Waals surface area (Å²) >= 11 is 0. The van der Waals surface area contributed by atoms with Gasteiger partial charge in [0.15, 0.2) is 0 Å². The zero-order chi connectivity index (χ0) is 13.8. The van der Waals surface area contributed by atoms with Crippen LogP contribution in [0.15, 0.2) is 36.5 Å². The average Bonchev–Trinajstić information content (AvgIpc) is 2.72. The van der Waals surface area contributed by atoms with E-state index in [4.69, 9.17) is 0 Å². The summed E-state index contributed by atoms with van der Waals surface area (Å²) in [6, 6.07) is 7.96. The van der Waals surface area contributed by atoms with E-state index in [-0.39, 0.29) is 0 Å². The molecule has 2 rings (SSSR count). The van der Waals surface area contributed by atoms with Gasteiger partial charge in [-0.15, -0.1) is 0 Å². The van der Waals surface area contributed by atoms with Gasteiger partial charge in [0.1, 0.15) is 11.6 Å². The van der Waals surface area contributed by atoms with Crippen molar-refractivity contribution < 1.29 is 8.78 Å². The number of hydrogen-bond acceptors (Lipinski definition) is 1. The van der Waals surface area contributed by atoms with Gasteiger partial charge in [0.05, 0.1) is 0 Å². The molecule has 0 aliphatic rings. The molecule has 0 aliphatic heterocycles. The third-order valence-corrected chi connectivity index (χ3v) is 2.89. The third-order valence-electron chi connectivity index (χ3n) is 2.89. The number of halogens is 2. The van der Waals surface area contributed by atoms with Gasteiger partial charge >= 0.3 is 0 Å². The normalized spacial score (nSPS) is 11.2. The molecule has 4 heteroatoms. The van der Waals surface area contributed by atoms with E-state index < -0.39 is 11.6 Å². The molecule has 102 valence electrons. The van der Waals surface area contributed by atoms with Crippen LogP contribution < -0.4 is 5.32 Å². The van der Waals surface area contributed by atoms with Crippen molar-refractivity contribution in [1.29, 1.82) is 0 Å². The van der Waals surface area contributed by atoms with Gasteiger partial charge in [-0.1, -0.05) is 13.8 Å². The van der Waals surface area contributed by atoms with Crippen molar-refractivity contribution in [2.45, 2.75) is 33.0 Å². The van der Waals surface area contributed by atoms with Crippen molar-refractivity contribution in [1.82, 2.24) is 9.88 Å². The Morgan fingerprint density at radius 3 is 2.47 bits per heavy atom. The van der Waals surface area contributed by atoms with Gasteiger partial charge in [-0.2, -0.15) is 0 Å². The molecule has 0 unspecified atom stereocenters. The molecule has 1 N–H and O–H groups in total. The first-order valence-corrected chi connectivity index (χ1v) is 6.37. The molecular formula is C15H18F2N2. The van der Waals surface area contributed by atoms with Gasteiger partial charge in [-0.3, -0.25) is 0 Å². The van der Waals surface area contributed by atoms with Crippen molar-refractivity contribution in [3.63, 3.8) is 0 Å². The van der Waals surface area contributed by atoms with Crippen LogP contribution in [0, 0.1) is 11.6 Å². The maximum absolute atomic E-state index is 13.1. The molecular weight excluding hydrogens is 246 g/mol. The molecule has 2 aromatic rings. The van der Waals surface area contributed by atoms with Crippen LogP contribution in [0.5, 0.6) is 0 Å². The first-order chi connectivity index (χ1) is 9.04. The molecule has 2 nitrogen and oxygen atoms in total. The highest BCUT2D eigenvalue weighted by atomic mass is 19.1. The largest absolute Gasteiger partial charge is 0.346 e. The predicted octanol–water partition coefficient (Wildman–Crippen LogP) is 3.31. The van der Waals surface area contributed by atoms with Crippen LogP contribution in [0.4, 0.5) is 8.78 Å². The Balaban J connectivity index is 2.12. The fraction of sp³-hybridized carbons (Fsp3) is 0.333. The SMILES string of the molecule is CC(C)NCc1cccn1Cc1cc(F)cc(F)c1. The lowest BCUT2D eigenvalue weighted by molar-refractivity contribution is 0.559. The minimum atomic E-state index is -0.538. The summed E-state index contributed by atoms with van der Waals surface area (Å²) in [4.78, 5) is 0. The van der Waals surface area contributed by atoms with Crippen LogP contribution >= 0.6 is 0 Å². The van der Waals surface area contributed by atoms with Crippen molar-refractivity contribution in [3.8, 4) is 0 Å². The van der Waals surface area contributed by atoms with Gasteiger partial charge in [0.25, 0.3) is 0 Å². The summed E-state index contributed by atoms with van der Waals surface area (Å²) in [7, 11) is 0. The minimum absolute atomic E-state index is 0.398. The highest BCUT2D eigenvalue weighted by Crippen LogP contribution is 2.12. The first-order valence-electron chi connectivity index (χ1n) is 6.37. The Labute approximate surface area is 112 Å². The average molecular weight is 264 g/mol. The van der Waals surface area contributed by atoms with E-state index in [1.165, 1.54) is 12.1 Å². The molecule has 0 atom stereocenters. The van der Waals surface area contributed by atoms with Crippen LogP contribution in [0.25, 0.3) is 0 Å². The predicted molar refractivity (Wildman–Crippen MR) is 71.9 cm³/mol. The highest BCUT2D eigenvalue weighted by molar-refractivity contribution is 5.20. The molecule has 1 heterocycles. The lowest BCUT2D eigenvalue weighted by Crippen LogP contribution is -2.23. The lowest BCUT2D eigenvalue weighted by atomic mass is 10.2. The topological polar surface area (TPSA) is 17.0 Å². The molecule has 0 fully saturated rings. The smallest absolute Gasteiger partial charge is 0.126 e. The van der Waals surface area contributed by atoms with E-state index in [1.807, 2.05) is 22.9 Å². The molecule has 0 amide bonds. The van der Waals surface area contributed by atoms with E-state index >= 15 is 0 Å². The van der Waals surface area contributed by atoms with Gasteiger partial charge in [-0.05, 0) is 29.8 Å². The molecule has 19 heavy (non-hydrogen) atoms.